The topological polar surface area (TPSA) is 71.3 Å². The molecule has 7 heteroatoms. The molecular formula is C26H22BrClN2O3. The SMILES string of the molecule is CCOc1cc(/C=C(\C#N)C(=O)Nc2cc(Cl)ccc2C)c(Br)cc1OCc1ccccc1. The number of benzene rings is 3. The average Bonchev–Trinajstić information content (AvgIpc) is 2.81. The molecule has 3 aromatic rings. The van der Waals surface area contributed by atoms with Gasteiger partial charge in [-0.3, -0.25) is 4.79 Å². The van der Waals surface area contributed by atoms with E-state index >= 15 is 0 Å². The molecule has 0 aliphatic carbocycles. The maximum absolute atomic E-state index is 12.7. The quantitative estimate of drug-likeness (QED) is 0.256. The van der Waals surface area contributed by atoms with Crippen molar-refractivity contribution in [3.63, 3.8) is 0 Å². The Bertz CT molecular complexity index is 1220. The number of halogens is 2. The zero-order chi connectivity index (χ0) is 23.8. The molecule has 33 heavy (non-hydrogen) atoms. The first-order valence-electron chi connectivity index (χ1n) is 10.2. The van der Waals surface area contributed by atoms with Gasteiger partial charge in [-0.05, 0) is 60.9 Å². The third-order valence-electron chi connectivity index (χ3n) is 4.71. The van der Waals surface area contributed by atoms with Crippen LogP contribution in [0.3, 0.4) is 0 Å². The van der Waals surface area contributed by atoms with Crippen LogP contribution in [-0.4, -0.2) is 12.5 Å². The zero-order valence-electron chi connectivity index (χ0n) is 18.2. The number of amides is 1. The molecule has 0 saturated carbocycles. The molecule has 1 N–H and O–H groups in total. The van der Waals surface area contributed by atoms with Crippen molar-refractivity contribution in [3.05, 3.63) is 92.4 Å². The molecule has 3 rings (SSSR count). The summed E-state index contributed by atoms with van der Waals surface area (Å²) in [6.45, 7) is 4.54. The van der Waals surface area contributed by atoms with E-state index in [1.807, 2.05) is 50.2 Å². The van der Waals surface area contributed by atoms with Crippen molar-refractivity contribution in [3.8, 4) is 17.6 Å². The first-order chi connectivity index (χ1) is 15.9. The lowest BCUT2D eigenvalue weighted by molar-refractivity contribution is -0.112. The van der Waals surface area contributed by atoms with Crippen LogP contribution in [0.2, 0.25) is 5.02 Å². The second-order valence-corrected chi connectivity index (χ2v) is 8.40. The maximum atomic E-state index is 12.7. The molecular weight excluding hydrogens is 504 g/mol. The van der Waals surface area contributed by atoms with E-state index in [0.29, 0.717) is 45.5 Å². The largest absolute Gasteiger partial charge is 0.490 e. The summed E-state index contributed by atoms with van der Waals surface area (Å²) in [4.78, 5) is 12.7. The highest BCUT2D eigenvalue weighted by atomic mass is 79.9. The van der Waals surface area contributed by atoms with Crippen LogP contribution in [0.15, 0.2) is 70.7 Å². The van der Waals surface area contributed by atoms with Crippen molar-refractivity contribution < 1.29 is 14.3 Å². The summed E-state index contributed by atoms with van der Waals surface area (Å²) >= 11 is 9.54. The minimum atomic E-state index is -0.530. The van der Waals surface area contributed by atoms with Gasteiger partial charge in [-0.25, -0.2) is 0 Å². The monoisotopic (exact) mass is 524 g/mol. The first kappa shape index (κ1) is 24.4. The van der Waals surface area contributed by atoms with Crippen molar-refractivity contribution >= 4 is 45.2 Å². The number of hydrogen-bond acceptors (Lipinski definition) is 4. The Morgan fingerprint density at radius 3 is 2.55 bits per heavy atom. The molecule has 1 amide bonds. The number of aryl methyl sites for hydroxylation is 1. The number of nitrogens with one attached hydrogen (secondary N) is 1. The van der Waals surface area contributed by atoms with E-state index < -0.39 is 5.91 Å². The summed E-state index contributed by atoms with van der Waals surface area (Å²) in [5, 5.41) is 12.9. The second kappa shape index (κ2) is 11.6. The summed E-state index contributed by atoms with van der Waals surface area (Å²) in [6.07, 6.45) is 1.50. The lowest BCUT2D eigenvalue weighted by atomic mass is 10.1. The van der Waals surface area contributed by atoms with E-state index in [0.717, 1.165) is 11.1 Å². The number of anilines is 1. The Labute approximate surface area is 206 Å². The maximum Gasteiger partial charge on any atom is 0.266 e. The summed E-state index contributed by atoms with van der Waals surface area (Å²) in [5.41, 5.74) is 2.97. The van der Waals surface area contributed by atoms with E-state index in [-0.39, 0.29) is 5.57 Å². The van der Waals surface area contributed by atoms with E-state index in [9.17, 15) is 10.1 Å². The Hall–Kier alpha value is -3.27. The molecule has 0 fully saturated rings. The number of carbonyl (C=O) groups excluding carboxylic acids is 1. The highest BCUT2D eigenvalue weighted by Crippen LogP contribution is 2.35. The van der Waals surface area contributed by atoms with Crippen molar-refractivity contribution in [2.24, 2.45) is 0 Å². The normalized spacial score (nSPS) is 10.9. The smallest absolute Gasteiger partial charge is 0.266 e. The van der Waals surface area contributed by atoms with Crippen LogP contribution in [0.5, 0.6) is 11.5 Å². The molecule has 168 valence electrons. The van der Waals surface area contributed by atoms with Crippen LogP contribution >= 0.6 is 27.5 Å². The lowest BCUT2D eigenvalue weighted by Gasteiger charge is -2.14. The fraction of sp³-hybridized carbons (Fsp3) is 0.154. The number of nitriles is 1. The molecule has 0 spiro atoms. The minimum absolute atomic E-state index is 0.0597. The molecule has 0 radical (unpaired) electrons. The van der Waals surface area contributed by atoms with Gasteiger partial charge in [-0.1, -0.05) is 63.9 Å². The lowest BCUT2D eigenvalue weighted by Crippen LogP contribution is -2.14. The molecule has 0 aromatic heterocycles. The fourth-order valence-corrected chi connectivity index (χ4v) is 3.61. The van der Waals surface area contributed by atoms with Crippen LogP contribution in [-0.2, 0) is 11.4 Å². The van der Waals surface area contributed by atoms with Crippen molar-refractivity contribution in [1.82, 2.24) is 0 Å². The predicted octanol–water partition coefficient (Wildman–Crippen LogP) is 6.93. The van der Waals surface area contributed by atoms with E-state index in [1.54, 1.807) is 30.3 Å². The Morgan fingerprint density at radius 1 is 1.12 bits per heavy atom. The van der Waals surface area contributed by atoms with Gasteiger partial charge in [-0.2, -0.15) is 5.26 Å². The molecule has 5 nitrogen and oxygen atoms in total. The van der Waals surface area contributed by atoms with Crippen LogP contribution in [0, 0.1) is 18.3 Å². The van der Waals surface area contributed by atoms with E-state index in [1.165, 1.54) is 6.08 Å². The number of carbonyl (C=O) groups is 1. The third kappa shape index (κ3) is 6.61. The summed E-state index contributed by atoms with van der Waals surface area (Å²) in [5.74, 6) is 0.547. The highest BCUT2D eigenvalue weighted by Gasteiger charge is 2.15. The van der Waals surface area contributed by atoms with Gasteiger partial charge in [0.1, 0.15) is 18.2 Å². The van der Waals surface area contributed by atoms with Gasteiger partial charge < -0.3 is 14.8 Å². The van der Waals surface area contributed by atoms with Gasteiger partial charge in [0.05, 0.1) is 6.61 Å². The molecule has 0 atom stereocenters. The Balaban J connectivity index is 1.86. The number of ether oxygens (including phenoxy) is 2. The molecule has 3 aromatic carbocycles. The summed E-state index contributed by atoms with van der Waals surface area (Å²) < 4.78 is 12.4. The zero-order valence-corrected chi connectivity index (χ0v) is 20.5. The van der Waals surface area contributed by atoms with Crippen LogP contribution in [0.4, 0.5) is 5.69 Å². The number of rotatable bonds is 8. The summed E-state index contributed by atoms with van der Waals surface area (Å²) in [7, 11) is 0. The summed E-state index contributed by atoms with van der Waals surface area (Å²) in [6, 6.07) is 20.5. The van der Waals surface area contributed by atoms with Crippen molar-refractivity contribution in [2.75, 3.05) is 11.9 Å². The van der Waals surface area contributed by atoms with Crippen molar-refractivity contribution in [2.45, 2.75) is 20.5 Å². The average molecular weight is 526 g/mol. The Morgan fingerprint density at radius 2 is 1.85 bits per heavy atom. The van der Waals surface area contributed by atoms with Gasteiger partial charge in [0, 0.05) is 15.2 Å². The van der Waals surface area contributed by atoms with Gasteiger partial charge in [-0.15, -0.1) is 0 Å². The van der Waals surface area contributed by atoms with E-state index in [2.05, 4.69) is 21.2 Å². The predicted molar refractivity (Wildman–Crippen MR) is 134 cm³/mol. The second-order valence-electron chi connectivity index (χ2n) is 7.11. The number of nitrogens with zero attached hydrogens (tertiary/aromatic N) is 1. The first-order valence-corrected chi connectivity index (χ1v) is 11.4. The fourth-order valence-electron chi connectivity index (χ4n) is 3.00. The van der Waals surface area contributed by atoms with Crippen molar-refractivity contribution in [1.29, 1.82) is 5.26 Å². The third-order valence-corrected chi connectivity index (χ3v) is 5.63. The Kier molecular flexibility index (Phi) is 8.53. The molecule has 0 aliphatic rings. The molecule has 0 unspecified atom stereocenters. The minimum Gasteiger partial charge on any atom is -0.490 e. The van der Waals surface area contributed by atoms with Gasteiger partial charge >= 0.3 is 0 Å². The molecule has 0 bridgehead atoms. The number of hydrogen-bond donors (Lipinski definition) is 1. The van der Waals surface area contributed by atoms with Crippen LogP contribution < -0.4 is 14.8 Å². The van der Waals surface area contributed by atoms with Crippen LogP contribution in [0.1, 0.15) is 23.6 Å². The molecule has 0 aliphatic heterocycles. The van der Waals surface area contributed by atoms with Gasteiger partial charge in [0.25, 0.3) is 5.91 Å². The van der Waals surface area contributed by atoms with Gasteiger partial charge in [0.15, 0.2) is 11.5 Å². The standard InChI is InChI=1S/C26H22BrClN2O3/c1-3-32-24-12-19(22(27)14-25(24)33-16-18-7-5-4-6-8-18)11-20(15-29)26(31)30-23-13-21(28)10-9-17(23)2/h4-14H,3,16H2,1-2H3,(H,30,31)/b20-11+. The molecule has 0 heterocycles. The van der Waals surface area contributed by atoms with Gasteiger partial charge in [0.2, 0.25) is 0 Å². The highest BCUT2D eigenvalue weighted by molar-refractivity contribution is 9.10. The van der Waals surface area contributed by atoms with E-state index in [4.69, 9.17) is 21.1 Å². The molecule has 0 saturated heterocycles. The van der Waals surface area contributed by atoms with Crippen LogP contribution in [0.25, 0.3) is 6.08 Å².